The Labute approximate surface area is 126 Å². The Hall–Kier alpha value is -2.06. The summed E-state index contributed by atoms with van der Waals surface area (Å²) in [6.45, 7) is 0. The molecule has 6 nitrogen and oxygen atoms in total. The summed E-state index contributed by atoms with van der Waals surface area (Å²) < 4.78 is 2.41. The van der Waals surface area contributed by atoms with E-state index in [1.54, 1.807) is 22.5 Å². The molecule has 3 aromatic rings. The van der Waals surface area contributed by atoms with Crippen molar-refractivity contribution in [1.29, 1.82) is 0 Å². The van der Waals surface area contributed by atoms with Crippen LogP contribution >= 0.6 is 27.3 Å². The number of aromatic nitrogens is 4. The number of benzene rings is 1. The first-order chi connectivity index (χ1) is 9.74. The van der Waals surface area contributed by atoms with Crippen LogP contribution in [0.2, 0.25) is 0 Å². The van der Waals surface area contributed by atoms with E-state index in [1.807, 2.05) is 24.3 Å². The predicted molar refractivity (Wildman–Crippen MR) is 79.1 cm³/mol. The highest BCUT2D eigenvalue weighted by atomic mass is 79.9. The lowest BCUT2D eigenvalue weighted by molar-refractivity contribution is 0.102. The van der Waals surface area contributed by atoms with Gasteiger partial charge in [-0.05, 0) is 28.1 Å². The van der Waals surface area contributed by atoms with Crippen LogP contribution in [0.1, 0.15) is 10.5 Å². The Morgan fingerprint density at radius 3 is 2.95 bits per heavy atom. The Morgan fingerprint density at radius 2 is 2.20 bits per heavy atom. The fraction of sp³-hybridized carbons (Fsp3) is 0. The van der Waals surface area contributed by atoms with Gasteiger partial charge in [-0.2, -0.15) is 0 Å². The van der Waals surface area contributed by atoms with Gasteiger partial charge in [0.15, 0.2) is 10.8 Å². The highest BCUT2D eigenvalue weighted by Gasteiger charge is 2.13. The quantitative estimate of drug-likeness (QED) is 0.788. The molecule has 8 heteroatoms. The van der Waals surface area contributed by atoms with Gasteiger partial charge in [0.05, 0.1) is 11.9 Å². The zero-order chi connectivity index (χ0) is 13.9. The summed E-state index contributed by atoms with van der Waals surface area (Å²) in [7, 11) is 0. The predicted octanol–water partition coefficient (Wildman–Crippen LogP) is 2.74. The van der Waals surface area contributed by atoms with Crippen molar-refractivity contribution in [3.63, 3.8) is 0 Å². The molecule has 0 aliphatic carbocycles. The van der Waals surface area contributed by atoms with Gasteiger partial charge in [-0.3, -0.25) is 10.1 Å². The van der Waals surface area contributed by atoms with Gasteiger partial charge in [-0.1, -0.05) is 17.3 Å². The number of hydrogen-bond acceptors (Lipinski definition) is 5. The van der Waals surface area contributed by atoms with Crippen LogP contribution in [0.5, 0.6) is 0 Å². The first-order valence-electron chi connectivity index (χ1n) is 5.62. The first kappa shape index (κ1) is 12.9. The minimum absolute atomic E-state index is 0.232. The molecule has 0 radical (unpaired) electrons. The fourth-order valence-corrected chi connectivity index (χ4v) is 2.56. The van der Waals surface area contributed by atoms with Crippen molar-refractivity contribution >= 4 is 38.3 Å². The molecule has 0 atom stereocenters. The second kappa shape index (κ2) is 5.51. The normalized spacial score (nSPS) is 10.4. The minimum atomic E-state index is -0.335. The zero-order valence-electron chi connectivity index (χ0n) is 10.0. The number of carbonyl (C=O) groups excluding carboxylic acids is 1. The molecule has 3 rings (SSSR count). The molecule has 0 spiro atoms. The highest BCUT2D eigenvalue weighted by Crippen LogP contribution is 2.19. The lowest BCUT2D eigenvalue weighted by Crippen LogP contribution is -2.12. The van der Waals surface area contributed by atoms with E-state index in [2.05, 4.69) is 36.5 Å². The third kappa shape index (κ3) is 2.61. The van der Waals surface area contributed by atoms with Gasteiger partial charge in [-0.25, -0.2) is 9.67 Å². The Kier molecular flexibility index (Phi) is 3.57. The van der Waals surface area contributed by atoms with E-state index in [0.717, 1.165) is 10.2 Å². The van der Waals surface area contributed by atoms with Gasteiger partial charge in [-0.15, -0.1) is 16.4 Å². The summed E-state index contributed by atoms with van der Waals surface area (Å²) in [5.74, 6) is -0.335. The number of amides is 1. The number of nitrogens with zero attached hydrogens (tertiary/aromatic N) is 4. The van der Waals surface area contributed by atoms with Crippen molar-refractivity contribution < 1.29 is 4.79 Å². The molecule has 0 bridgehead atoms. The number of nitrogens with one attached hydrogen (secondary N) is 1. The molecule has 0 fully saturated rings. The number of thiazole rings is 1. The summed E-state index contributed by atoms with van der Waals surface area (Å²) in [6, 6.07) is 7.56. The van der Waals surface area contributed by atoms with Gasteiger partial charge in [0.2, 0.25) is 0 Å². The van der Waals surface area contributed by atoms with Crippen molar-refractivity contribution in [1.82, 2.24) is 20.0 Å². The number of halogens is 1. The standard InChI is InChI=1S/C12H8BrN5OS/c13-8-3-1-2-4-10(8)18-7-9(16-17-18)11(19)15-12-14-5-6-20-12/h1-7H,(H,14,15,19). The molecular formula is C12H8BrN5OS. The van der Waals surface area contributed by atoms with Crippen LogP contribution in [0.25, 0.3) is 5.69 Å². The fourth-order valence-electron chi connectivity index (χ4n) is 1.57. The molecule has 0 unspecified atom stereocenters. The van der Waals surface area contributed by atoms with Gasteiger partial charge >= 0.3 is 0 Å². The largest absolute Gasteiger partial charge is 0.296 e. The first-order valence-corrected chi connectivity index (χ1v) is 7.29. The molecule has 1 N–H and O–H groups in total. The molecule has 0 aliphatic rings. The summed E-state index contributed by atoms with van der Waals surface area (Å²) >= 11 is 4.78. The highest BCUT2D eigenvalue weighted by molar-refractivity contribution is 9.10. The maximum absolute atomic E-state index is 12.0. The van der Waals surface area contributed by atoms with E-state index in [-0.39, 0.29) is 11.6 Å². The van der Waals surface area contributed by atoms with Crippen LogP contribution in [-0.2, 0) is 0 Å². The van der Waals surface area contributed by atoms with Gasteiger partial charge < -0.3 is 0 Å². The summed E-state index contributed by atoms with van der Waals surface area (Å²) in [5.41, 5.74) is 1.05. The number of carbonyl (C=O) groups is 1. The van der Waals surface area contributed by atoms with Crippen molar-refractivity contribution in [2.24, 2.45) is 0 Å². The third-order valence-electron chi connectivity index (χ3n) is 2.48. The van der Waals surface area contributed by atoms with E-state index in [9.17, 15) is 4.79 Å². The van der Waals surface area contributed by atoms with Gasteiger partial charge in [0.25, 0.3) is 5.91 Å². The Balaban J connectivity index is 1.83. The number of para-hydroxylation sites is 1. The lowest BCUT2D eigenvalue weighted by atomic mass is 10.3. The van der Waals surface area contributed by atoms with Crippen LogP contribution in [-0.4, -0.2) is 25.9 Å². The van der Waals surface area contributed by atoms with E-state index in [1.165, 1.54) is 11.3 Å². The maximum atomic E-state index is 12.0. The van der Waals surface area contributed by atoms with Crippen molar-refractivity contribution in [2.75, 3.05) is 5.32 Å². The number of anilines is 1. The third-order valence-corrected chi connectivity index (χ3v) is 3.84. The Morgan fingerprint density at radius 1 is 1.35 bits per heavy atom. The minimum Gasteiger partial charge on any atom is -0.296 e. The van der Waals surface area contributed by atoms with Crippen molar-refractivity contribution in [3.05, 3.63) is 52.2 Å². The number of hydrogen-bond donors (Lipinski definition) is 1. The Bertz CT molecular complexity index is 740. The monoisotopic (exact) mass is 349 g/mol. The zero-order valence-corrected chi connectivity index (χ0v) is 12.4. The van der Waals surface area contributed by atoms with E-state index in [4.69, 9.17) is 0 Å². The molecule has 0 saturated carbocycles. The summed E-state index contributed by atoms with van der Waals surface area (Å²) in [4.78, 5) is 16.0. The van der Waals surface area contributed by atoms with Crippen LogP contribution in [0, 0.1) is 0 Å². The van der Waals surface area contributed by atoms with Crippen LogP contribution < -0.4 is 5.32 Å². The second-order valence-corrected chi connectivity index (χ2v) is 5.54. The maximum Gasteiger partial charge on any atom is 0.279 e. The molecule has 100 valence electrons. The van der Waals surface area contributed by atoms with Crippen LogP contribution in [0.3, 0.4) is 0 Å². The molecular weight excluding hydrogens is 342 g/mol. The molecule has 1 amide bonds. The van der Waals surface area contributed by atoms with Crippen LogP contribution in [0.4, 0.5) is 5.13 Å². The SMILES string of the molecule is O=C(Nc1nccs1)c1cn(-c2ccccc2Br)nn1. The molecule has 2 heterocycles. The average Bonchev–Trinajstić information content (AvgIpc) is 3.10. The van der Waals surface area contributed by atoms with E-state index >= 15 is 0 Å². The van der Waals surface area contributed by atoms with Gasteiger partial charge in [0, 0.05) is 16.0 Å². The molecule has 0 aliphatic heterocycles. The van der Waals surface area contributed by atoms with Crippen LogP contribution in [0.15, 0.2) is 46.5 Å². The van der Waals surface area contributed by atoms with Crippen molar-refractivity contribution in [3.8, 4) is 5.69 Å². The average molecular weight is 350 g/mol. The van der Waals surface area contributed by atoms with Crippen molar-refractivity contribution in [2.45, 2.75) is 0 Å². The second-order valence-electron chi connectivity index (χ2n) is 3.79. The van der Waals surface area contributed by atoms with Gasteiger partial charge in [0.1, 0.15) is 0 Å². The summed E-state index contributed by atoms with van der Waals surface area (Å²) in [6.07, 6.45) is 3.20. The molecule has 20 heavy (non-hydrogen) atoms. The molecule has 0 saturated heterocycles. The molecule has 1 aromatic carbocycles. The van der Waals surface area contributed by atoms with E-state index < -0.39 is 0 Å². The lowest BCUT2D eigenvalue weighted by Gasteiger charge is -2.01. The smallest absolute Gasteiger partial charge is 0.279 e. The molecule has 2 aromatic heterocycles. The van der Waals surface area contributed by atoms with E-state index in [0.29, 0.717) is 5.13 Å². The summed E-state index contributed by atoms with van der Waals surface area (Å²) in [5, 5.41) is 12.8. The topological polar surface area (TPSA) is 72.7 Å². The number of rotatable bonds is 3.